The maximum Gasteiger partial charge on any atom is 0.254 e. The molecule has 0 radical (unpaired) electrons. The molecule has 1 aromatic rings. The fourth-order valence-corrected chi connectivity index (χ4v) is 4.00. The number of hydrogen-bond acceptors (Lipinski definition) is 1. The minimum absolute atomic E-state index is 0.161. The molecule has 19 heavy (non-hydrogen) atoms. The summed E-state index contributed by atoms with van der Waals surface area (Å²) in [5.41, 5.74) is 0.740. The molecule has 2 nitrogen and oxygen atoms in total. The van der Waals surface area contributed by atoms with Gasteiger partial charge in [-0.25, -0.2) is 0 Å². The zero-order chi connectivity index (χ0) is 13.4. The number of carbonyl (C=O) groups excluding carboxylic acids is 1. The van der Waals surface area contributed by atoms with E-state index in [9.17, 15) is 4.79 Å². The molecule has 4 heteroatoms. The Hall–Kier alpha value is -0.540. The number of carbonyl (C=O) groups is 1. The number of piperidine rings is 1. The summed E-state index contributed by atoms with van der Waals surface area (Å²) >= 11 is 9.38. The quantitative estimate of drug-likeness (QED) is 0.735. The van der Waals surface area contributed by atoms with Gasteiger partial charge in [-0.1, -0.05) is 18.0 Å². The Balaban J connectivity index is 1.84. The molecule has 1 aliphatic heterocycles. The number of amides is 1. The normalized spacial score (nSPS) is 26.3. The lowest BCUT2D eigenvalue weighted by Crippen LogP contribution is -2.46. The van der Waals surface area contributed by atoms with Gasteiger partial charge in [-0.2, -0.15) is 0 Å². The monoisotopic (exact) mass is 341 g/mol. The number of benzene rings is 1. The van der Waals surface area contributed by atoms with E-state index in [0.717, 1.165) is 28.9 Å². The van der Waals surface area contributed by atoms with Gasteiger partial charge in [0.2, 0.25) is 0 Å². The third-order valence-electron chi connectivity index (χ3n) is 4.42. The molecule has 2 fully saturated rings. The van der Waals surface area contributed by atoms with E-state index < -0.39 is 0 Å². The van der Waals surface area contributed by atoms with E-state index >= 15 is 0 Å². The van der Waals surface area contributed by atoms with Crippen molar-refractivity contribution in [2.75, 3.05) is 6.54 Å². The molecule has 1 saturated carbocycles. The van der Waals surface area contributed by atoms with E-state index in [0.29, 0.717) is 11.1 Å². The molecule has 1 heterocycles. The van der Waals surface area contributed by atoms with Gasteiger partial charge in [0.05, 0.1) is 5.02 Å². The Bertz CT molecular complexity index is 505. The number of fused-ring (bicyclic) bond motifs is 1. The highest BCUT2D eigenvalue weighted by Gasteiger charge is 2.37. The van der Waals surface area contributed by atoms with Crippen LogP contribution in [-0.4, -0.2) is 23.4 Å². The van der Waals surface area contributed by atoms with Gasteiger partial charge in [0.1, 0.15) is 0 Å². The second kappa shape index (κ2) is 5.45. The largest absolute Gasteiger partial charge is 0.335 e. The van der Waals surface area contributed by atoms with Crippen LogP contribution >= 0.6 is 27.5 Å². The van der Waals surface area contributed by atoms with Crippen LogP contribution in [0.5, 0.6) is 0 Å². The van der Waals surface area contributed by atoms with Gasteiger partial charge >= 0.3 is 0 Å². The first-order valence-electron chi connectivity index (χ1n) is 6.93. The SMILES string of the molecule is O=C(c1ccc(Cl)c(Br)c1)N1CCCC2CCCC21. The lowest BCUT2D eigenvalue weighted by atomic mass is 9.91. The van der Waals surface area contributed by atoms with Crippen molar-refractivity contribution in [3.63, 3.8) is 0 Å². The van der Waals surface area contributed by atoms with E-state index in [-0.39, 0.29) is 5.91 Å². The lowest BCUT2D eigenvalue weighted by molar-refractivity contribution is 0.0548. The summed E-state index contributed by atoms with van der Waals surface area (Å²) < 4.78 is 0.792. The van der Waals surface area contributed by atoms with Crippen LogP contribution in [0.15, 0.2) is 22.7 Å². The van der Waals surface area contributed by atoms with Gasteiger partial charge in [-0.15, -0.1) is 0 Å². The molecule has 2 unspecified atom stereocenters. The van der Waals surface area contributed by atoms with E-state index in [1.807, 2.05) is 12.1 Å². The molecule has 0 bridgehead atoms. The molecule has 2 atom stereocenters. The van der Waals surface area contributed by atoms with Crippen molar-refractivity contribution in [1.29, 1.82) is 0 Å². The molecule has 2 aliphatic rings. The molecule has 1 aliphatic carbocycles. The molecule has 1 aromatic carbocycles. The first-order valence-corrected chi connectivity index (χ1v) is 8.10. The van der Waals surface area contributed by atoms with E-state index in [1.54, 1.807) is 6.07 Å². The van der Waals surface area contributed by atoms with E-state index in [1.165, 1.54) is 25.7 Å². The highest BCUT2D eigenvalue weighted by atomic mass is 79.9. The molecule has 0 spiro atoms. The highest BCUT2D eigenvalue weighted by molar-refractivity contribution is 9.10. The average molecular weight is 343 g/mol. The van der Waals surface area contributed by atoms with Crippen molar-refractivity contribution in [3.05, 3.63) is 33.3 Å². The lowest BCUT2D eigenvalue weighted by Gasteiger charge is -2.37. The predicted octanol–water partition coefficient (Wildman–Crippen LogP) is 4.51. The summed E-state index contributed by atoms with van der Waals surface area (Å²) in [6.07, 6.45) is 6.16. The summed E-state index contributed by atoms with van der Waals surface area (Å²) in [6.45, 7) is 0.903. The fourth-order valence-electron chi connectivity index (χ4n) is 3.50. The van der Waals surface area contributed by atoms with Gasteiger partial charge in [-0.3, -0.25) is 4.79 Å². The molecule has 1 saturated heterocycles. The van der Waals surface area contributed by atoms with Crippen molar-refractivity contribution >= 4 is 33.4 Å². The van der Waals surface area contributed by atoms with Crippen LogP contribution in [0.25, 0.3) is 0 Å². The molecule has 0 aromatic heterocycles. The topological polar surface area (TPSA) is 20.3 Å². The summed E-state index contributed by atoms with van der Waals surface area (Å²) in [4.78, 5) is 14.8. The van der Waals surface area contributed by atoms with Crippen LogP contribution in [0.1, 0.15) is 42.5 Å². The third kappa shape index (κ3) is 2.55. The van der Waals surface area contributed by atoms with Gasteiger partial charge in [0, 0.05) is 22.6 Å². The maximum absolute atomic E-state index is 12.7. The van der Waals surface area contributed by atoms with Crippen molar-refractivity contribution in [3.8, 4) is 0 Å². The molecule has 102 valence electrons. The van der Waals surface area contributed by atoms with Crippen molar-refractivity contribution in [2.45, 2.75) is 38.1 Å². The van der Waals surface area contributed by atoms with Crippen LogP contribution in [0.3, 0.4) is 0 Å². The Morgan fingerprint density at radius 2 is 2.05 bits per heavy atom. The average Bonchev–Trinajstić information content (AvgIpc) is 2.89. The van der Waals surface area contributed by atoms with Crippen LogP contribution in [0.4, 0.5) is 0 Å². The van der Waals surface area contributed by atoms with Gasteiger partial charge in [-0.05, 0) is 65.7 Å². The minimum atomic E-state index is 0.161. The maximum atomic E-state index is 12.7. The number of hydrogen-bond donors (Lipinski definition) is 0. The van der Waals surface area contributed by atoms with Gasteiger partial charge < -0.3 is 4.90 Å². The van der Waals surface area contributed by atoms with Crippen LogP contribution in [-0.2, 0) is 0 Å². The zero-order valence-corrected chi connectivity index (χ0v) is 13.1. The van der Waals surface area contributed by atoms with Crippen molar-refractivity contribution in [2.24, 2.45) is 5.92 Å². The van der Waals surface area contributed by atoms with Crippen molar-refractivity contribution in [1.82, 2.24) is 4.90 Å². The molecule has 1 amide bonds. The molecule has 3 rings (SSSR count). The van der Waals surface area contributed by atoms with Crippen molar-refractivity contribution < 1.29 is 4.79 Å². The number of nitrogens with zero attached hydrogens (tertiary/aromatic N) is 1. The zero-order valence-electron chi connectivity index (χ0n) is 10.7. The first kappa shape index (κ1) is 13.4. The van der Waals surface area contributed by atoms with Gasteiger partial charge in [0.25, 0.3) is 5.91 Å². The van der Waals surface area contributed by atoms with Crippen LogP contribution in [0, 0.1) is 5.92 Å². The van der Waals surface area contributed by atoms with Gasteiger partial charge in [0.15, 0.2) is 0 Å². The Morgan fingerprint density at radius 3 is 2.84 bits per heavy atom. The van der Waals surface area contributed by atoms with E-state index in [4.69, 9.17) is 11.6 Å². The number of rotatable bonds is 1. The number of halogens is 2. The molecular weight excluding hydrogens is 326 g/mol. The second-order valence-electron chi connectivity index (χ2n) is 5.53. The summed E-state index contributed by atoms with van der Waals surface area (Å²) in [6, 6.07) is 5.92. The second-order valence-corrected chi connectivity index (χ2v) is 6.79. The minimum Gasteiger partial charge on any atom is -0.335 e. The smallest absolute Gasteiger partial charge is 0.254 e. The fraction of sp³-hybridized carbons (Fsp3) is 0.533. The standard InChI is InChI=1S/C15H17BrClNO/c16-12-9-11(6-7-13(12)17)15(19)18-8-2-4-10-3-1-5-14(10)18/h6-7,9-10,14H,1-5,8H2. The highest BCUT2D eigenvalue weighted by Crippen LogP contribution is 2.37. The Labute approximate surface area is 127 Å². The van der Waals surface area contributed by atoms with E-state index in [2.05, 4.69) is 20.8 Å². The first-order chi connectivity index (χ1) is 9.16. The third-order valence-corrected chi connectivity index (χ3v) is 5.63. The Kier molecular flexibility index (Phi) is 3.86. The van der Waals surface area contributed by atoms with Crippen LogP contribution < -0.4 is 0 Å². The molecular formula is C15H17BrClNO. The summed E-state index contributed by atoms with van der Waals surface area (Å²) in [5.74, 6) is 0.891. The summed E-state index contributed by atoms with van der Waals surface area (Å²) in [7, 11) is 0. The van der Waals surface area contributed by atoms with Crippen LogP contribution in [0.2, 0.25) is 5.02 Å². The number of likely N-dealkylation sites (tertiary alicyclic amines) is 1. The summed E-state index contributed by atoms with van der Waals surface area (Å²) in [5, 5.41) is 0.647. The predicted molar refractivity (Wildman–Crippen MR) is 80.6 cm³/mol. The Morgan fingerprint density at radius 1 is 1.26 bits per heavy atom. The molecule has 0 N–H and O–H groups in total.